The standard InChI is InChI=1S/C8H10FNO2/c9-6-3-5(8(12)4-10)1-2-7(6)11/h1-3,8,11-12H,4,10H2/t8-/m1/s1. The van der Waals surface area contributed by atoms with Gasteiger partial charge >= 0.3 is 0 Å². The Morgan fingerprint density at radius 1 is 1.50 bits per heavy atom. The highest BCUT2D eigenvalue weighted by atomic mass is 19.1. The van der Waals surface area contributed by atoms with Crippen LogP contribution in [0.4, 0.5) is 4.39 Å². The van der Waals surface area contributed by atoms with E-state index in [1.165, 1.54) is 12.1 Å². The van der Waals surface area contributed by atoms with Crippen LogP contribution >= 0.6 is 0 Å². The van der Waals surface area contributed by atoms with E-state index < -0.39 is 17.7 Å². The van der Waals surface area contributed by atoms with E-state index in [1.807, 2.05) is 0 Å². The summed E-state index contributed by atoms with van der Waals surface area (Å²) in [6, 6.07) is 3.67. The summed E-state index contributed by atoms with van der Waals surface area (Å²) in [5.74, 6) is -1.18. The number of halogens is 1. The van der Waals surface area contributed by atoms with Crippen molar-refractivity contribution in [3.63, 3.8) is 0 Å². The monoisotopic (exact) mass is 171 g/mol. The number of aromatic hydroxyl groups is 1. The average Bonchev–Trinajstić information content (AvgIpc) is 2.08. The molecule has 3 nitrogen and oxygen atoms in total. The Hall–Kier alpha value is -1.13. The summed E-state index contributed by atoms with van der Waals surface area (Å²) in [6.07, 6.45) is -0.875. The Bertz CT molecular complexity index is 278. The van der Waals surface area contributed by atoms with Gasteiger partial charge in [-0.2, -0.15) is 0 Å². The minimum Gasteiger partial charge on any atom is -0.505 e. The minimum atomic E-state index is -0.875. The van der Waals surface area contributed by atoms with Gasteiger partial charge in [0.05, 0.1) is 6.10 Å². The van der Waals surface area contributed by atoms with E-state index in [2.05, 4.69) is 0 Å². The average molecular weight is 171 g/mol. The first-order chi connectivity index (χ1) is 5.65. The molecular weight excluding hydrogens is 161 g/mol. The van der Waals surface area contributed by atoms with Crippen LogP contribution in [0, 0.1) is 5.82 Å². The van der Waals surface area contributed by atoms with Crippen LogP contribution in [-0.2, 0) is 0 Å². The Morgan fingerprint density at radius 3 is 2.67 bits per heavy atom. The summed E-state index contributed by atoms with van der Waals surface area (Å²) in [6.45, 7) is 0.0320. The molecule has 0 radical (unpaired) electrons. The van der Waals surface area contributed by atoms with E-state index in [0.29, 0.717) is 5.56 Å². The van der Waals surface area contributed by atoms with Gasteiger partial charge in [0.25, 0.3) is 0 Å². The quantitative estimate of drug-likeness (QED) is 0.607. The van der Waals surface area contributed by atoms with E-state index >= 15 is 0 Å². The molecule has 0 aliphatic carbocycles. The van der Waals surface area contributed by atoms with Gasteiger partial charge in [-0.05, 0) is 17.7 Å². The zero-order valence-electron chi connectivity index (χ0n) is 6.37. The fourth-order valence-corrected chi connectivity index (χ4v) is 0.867. The molecule has 66 valence electrons. The van der Waals surface area contributed by atoms with Gasteiger partial charge in [-0.25, -0.2) is 4.39 Å². The Labute approximate surface area is 69.3 Å². The van der Waals surface area contributed by atoms with E-state index in [-0.39, 0.29) is 6.54 Å². The topological polar surface area (TPSA) is 66.5 Å². The van der Waals surface area contributed by atoms with Gasteiger partial charge < -0.3 is 15.9 Å². The molecule has 1 aromatic rings. The molecule has 0 aliphatic heterocycles. The zero-order chi connectivity index (χ0) is 9.14. The third-order valence-corrected chi connectivity index (χ3v) is 1.58. The maximum Gasteiger partial charge on any atom is 0.165 e. The van der Waals surface area contributed by atoms with Gasteiger partial charge in [0.15, 0.2) is 11.6 Å². The Morgan fingerprint density at radius 2 is 2.17 bits per heavy atom. The molecule has 0 unspecified atom stereocenters. The highest BCUT2D eigenvalue weighted by Crippen LogP contribution is 2.19. The molecule has 1 aromatic carbocycles. The molecule has 4 N–H and O–H groups in total. The molecule has 0 aromatic heterocycles. The molecule has 0 saturated carbocycles. The molecule has 1 atom stereocenters. The first-order valence-electron chi connectivity index (χ1n) is 3.51. The van der Waals surface area contributed by atoms with Crippen LogP contribution in [0.15, 0.2) is 18.2 Å². The van der Waals surface area contributed by atoms with Crippen molar-refractivity contribution in [3.8, 4) is 5.75 Å². The van der Waals surface area contributed by atoms with E-state index in [0.717, 1.165) is 6.07 Å². The summed E-state index contributed by atoms with van der Waals surface area (Å²) in [5.41, 5.74) is 5.53. The maximum atomic E-state index is 12.7. The highest BCUT2D eigenvalue weighted by molar-refractivity contribution is 5.29. The molecule has 4 heteroatoms. The molecule has 0 heterocycles. The van der Waals surface area contributed by atoms with Crippen LogP contribution in [0.2, 0.25) is 0 Å². The SMILES string of the molecule is NC[C@@H](O)c1ccc(O)c(F)c1. The third kappa shape index (κ3) is 1.72. The van der Waals surface area contributed by atoms with Crippen molar-refractivity contribution in [1.82, 2.24) is 0 Å². The van der Waals surface area contributed by atoms with E-state index in [9.17, 15) is 9.50 Å². The van der Waals surface area contributed by atoms with Gasteiger partial charge in [0.1, 0.15) is 0 Å². The van der Waals surface area contributed by atoms with E-state index in [1.54, 1.807) is 0 Å². The van der Waals surface area contributed by atoms with Gasteiger partial charge in [-0.3, -0.25) is 0 Å². The number of phenolic OH excluding ortho intramolecular Hbond substituents is 1. The minimum absolute atomic E-state index is 0.0320. The highest BCUT2D eigenvalue weighted by Gasteiger charge is 2.07. The molecule has 12 heavy (non-hydrogen) atoms. The number of nitrogens with two attached hydrogens (primary N) is 1. The Balaban J connectivity index is 2.96. The molecule has 1 rings (SSSR count). The van der Waals surface area contributed by atoms with Crippen molar-refractivity contribution < 1.29 is 14.6 Å². The summed E-state index contributed by atoms with van der Waals surface area (Å²) in [7, 11) is 0. The number of hydrogen-bond donors (Lipinski definition) is 3. The van der Waals surface area contributed by atoms with Crippen molar-refractivity contribution >= 4 is 0 Å². The fraction of sp³-hybridized carbons (Fsp3) is 0.250. The lowest BCUT2D eigenvalue weighted by Gasteiger charge is -2.07. The van der Waals surface area contributed by atoms with Crippen molar-refractivity contribution in [1.29, 1.82) is 0 Å². The lowest BCUT2D eigenvalue weighted by Crippen LogP contribution is -2.11. The van der Waals surface area contributed by atoms with Gasteiger partial charge in [-0.1, -0.05) is 6.07 Å². The lowest BCUT2D eigenvalue weighted by atomic mass is 10.1. The Kier molecular flexibility index (Phi) is 2.62. The smallest absolute Gasteiger partial charge is 0.165 e. The number of aliphatic hydroxyl groups is 1. The van der Waals surface area contributed by atoms with Crippen molar-refractivity contribution in [2.24, 2.45) is 5.73 Å². The first-order valence-corrected chi connectivity index (χ1v) is 3.51. The number of aliphatic hydroxyl groups excluding tert-OH is 1. The van der Waals surface area contributed by atoms with Crippen LogP contribution in [0.3, 0.4) is 0 Å². The zero-order valence-corrected chi connectivity index (χ0v) is 6.37. The molecule has 0 fully saturated rings. The third-order valence-electron chi connectivity index (χ3n) is 1.58. The number of hydrogen-bond acceptors (Lipinski definition) is 3. The van der Waals surface area contributed by atoms with Crippen LogP contribution in [0.25, 0.3) is 0 Å². The van der Waals surface area contributed by atoms with Crippen LogP contribution in [0.5, 0.6) is 5.75 Å². The van der Waals surface area contributed by atoms with Crippen LogP contribution in [-0.4, -0.2) is 16.8 Å². The summed E-state index contributed by atoms with van der Waals surface area (Å²) in [5, 5.41) is 18.0. The molecule has 0 bridgehead atoms. The van der Waals surface area contributed by atoms with Gasteiger partial charge in [0.2, 0.25) is 0 Å². The summed E-state index contributed by atoms with van der Waals surface area (Å²) in [4.78, 5) is 0. The van der Waals surface area contributed by atoms with E-state index in [4.69, 9.17) is 10.8 Å². The van der Waals surface area contributed by atoms with Crippen LogP contribution < -0.4 is 5.73 Å². The second-order valence-corrected chi connectivity index (χ2v) is 2.46. The summed E-state index contributed by atoms with van der Waals surface area (Å²) >= 11 is 0. The second-order valence-electron chi connectivity index (χ2n) is 2.46. The second kappa shape index (κ2) is 3.51. The predicted octanol–water partition coefficient (Wildman–Crippen LogP) is 0.523. The number of benzene rings is 1. The van der Waals surface area contributed by atoms with Crippen LogP contribution in [0.1, 0.15) is 11.7 Å². The van der Waals surface area contributed by atoms with Crippen molar-refractivity contribution in [2.75, 3.05) is 6.54 Å². The normalized spacial score (nSPS) is 12.9. The van der Waals surface area contributed by atoms with Crippen molar-refractivity contribution in [3.05, 3.63) is 29.6 Å². The lowest BCUT2D eigenvalue weighted by molar-refractivity contribution is 0.186. The number of rotatable bonds is 2. The largest absolute Gasteiger partial charge is 0.505 e. The predicted molar refractivity (Wildman–Crippen MR) is 42.1 cm³/mol. The molecule has 0 amide bonds. The molecule has 0 spiro atoms. The first kappa shape index (κ1) is 8.96. The fourth-order valence-electron chi connectivity index (χ4n) is 0.867. The molecule has 0 saturated heterocycles. The number of phenols is 1. The van der Waals surface area contributed by atoms with Gasteiger partial charge in [0, 0.05) is 6.54 Å². The molecule has 0 aliphatic rings. The van der Waals surface area contributed by atoms with Gasteiger partial charge in [-0.15, -0.1) is 0 Å². The maximum absolute atomic E-state index is 12.7. The van der Waals surface area contributed by atoms with Crippen molar-refractivity contribution in [2.45, 2.75) is 6.10 Å². The molecular formula is C8H10FNO2. The summed E-state index contributed by atoms with van der Waals surface area (Å²) < 4.78 is 12.7.